The summed E-state index contributed by atoms with van der Waals surface area (Å²) >= 11 is 0. The number of benzene rings is 2. The van der Waals surface area contributed by atoms with E-state index in [2.05, 4.69) is 5.32 Å². The highest BCUT2D eigenvalue weighted by molar-refractivity contribution is 7.89. The van der Waals surface area contributed by atoms with E-state index in [1.165, 1.54) is 28.6 Å². The van der Waals surface area contributed by atoms with Gasteiger partial charge in [0.15, 0.2) is 6.61 Å². The largest absolute Gasteiger partial charge is 0.452 e. The number of nitrogens with zero attached hydrogens (tertiary/aromatic N) is 1. The molecule has 2 aromatic carbocycles. The van der Waals surface area contributed by atoms with Gasteiger partial charge in [0.05, 0.1) is 16.0 Å². The zero-order valence-electron chi connectivity index (χ0n) is 17.7. The van der Waals surface area contributed by atoms with Gasteiger partial charge in [-0.2, -0.15) is 17.5 Å². The van der Waals surface area contributed by atoms with E-state index in [1.807, 2.05) is 0 Å². The number of alkyl halides is 3. The maximum absolute atomic E-state index is 12.8. The molecule has 32 heavy (non-hydrogen) atoms. The van der Waals surface area contributed by atoms with E-state index in [0.717, 1.165) is 18.2 Å². The molecule has 7 nitrogen and oxygen atoms in total. The summed E-state index contributed by atoms with van der Waals surface area (Å²) in [5, 5.41) is 2.22. The van der Waals surface area contributed by atoms with Crippen LogP contribution in [0.15, 0.2) is 47.4 Å². The Morgan fingerprint density at radius 3 is 2.31 bits per heavy atom. The van der Waals surface area contributed by atoms with Crippen LogP contribution in [0.1, 0.15) is 35.3 Å². The number of nitrogens with one attached hydrogen (secondary N) is 1. The third-order valence-electron chi connectivity index (χ3n) is 4.58. The number of aryl methyl sites for hydroxylation is 1. The molecule has 1 amide bonds. The van der Waals surface area contributed by atoms with Crippen molar-refractivity contribution < 1.29 is 35.9 Å². The van der Waals surface area contributed by atoms with E-state index >= 15 is 0 Å². The maximum Gasteiger partial charge on any atom is 0.416 e. The van der Waals surface area contributed by atoms with Crippen molar-refractivity contribution in [2.24, 2.45) is 0 Å². The molecular formula is C21H23F3N2O5S. The number of hydrogen-bond donors (Lipinski definition) is 1. The molecule has 0 aliphatic heterocycles. The summed E-state index contributed by atoms with van der Waals surface area (Å²) in [6.07, 6.45) is -4.57. The van der Waals surface area contributed by atoms with Crippen molar-refractivity contribution in [3.8, 4) is 0 Å². The molecule has 11 heteroatoms. The molecule has 1 N–H and O–H groups in total. The van der Waals surface area contributed by atoms with Gasteiger partial charge in [0.2, 0.25) is 10.0 Å². The summed E-state index contributed by atoms with van der Waals surface area (Å²) in [6.45, 7) is 4.69. The summed E-state index contributed by atoms with van der Waals surface area (Å²) in [5.74, 6) is -1.78. The SMILES string of the molecule is CCN(CC)S(=O)(=O)c1ccc(C)c(C(=O)OCC(=O)Nc2cccc(C(F)(F)F)c2)c1. The van der Waals surface area contributed by atoms with Crippen LogP contribution in [0.3, 0.4) is 0 Å². The molecule has 0 aliphatic carbocycles. The summed E-state index contributed by atoms with van der Waals surface area (Å²) < 4.78 is 69.8. The Bertz CT molecular complexity index is 1100. The number of amides is 1. The van der Waals surface area contributed by atoms with Crippen molar-refractivity contribution in [3.63, 3.8) is 0 Å². The number of anilines is 1. The topological polar surface area (TPSA) is 92.8 Å². The lowest BCUT2D eigenvalue weighted by Gasteiger charge is -2.19. The molecule has 2 rings (SSSR count). The highest BCUT2D eigenvalue weighted by Crippen LogP contribution is 2.30. The molecule has 0 aliphatic rings. The molecule has 0 saturated heterocycles. The van der Waals surface area contributed by atoms with Crippen LogP contribution in [0.2, 0.25) is 0 Å². The van der Waals surface area contributed by atoms with Gasteiger partial charge in [0, 0.05) is 18.8 Å². The Kier molecular flexibility index (Phi) is 8.02. The number of ether oxygens (including phenoxy) is 1. The quantitative estimate of drug-likeness (QED) is 0.590. The molecule has 0 atom stereocenters. The van der Waals surface area contributed by atoms with E-state index < -0.39 is 40.2 Å². The molecule has 0 saturated carbocycles. The molecule has 0 fully saturated rings. The first-order valence-electron chi connectivity index (χ1n) is 9.65. The number of sulfonamides is 1. The molecule has 0 heterocycles. The van der Waals surface area contributed by atoms with E-state index in [0.29, 0.717) is 5.56 Å². The molecular weight excluding hydrogens is 449 g/mol. The summed E-state index contributed by atoms with van der Waals surface area (Å²) in [5.41, 5.74) is -0.643. The average Bonchev–Trinajstić information content (AvgIpc) is 2.72. The Morgan fingerprint density at radius 2 is 1.72 bits per heavy atom. The predicted octanol–water partition coefficient (Wildman–Crippen LogP) is 3.84. The summed E-state index contributed by atoms with van der Waals surface area (Å²) in [4.78, 5) is 24.4. The first kappa shape index (κ1) is 25.3. The fourth-order valence-electron chi connectivity index (χ4n) is 2.87. The van der Waals surface area contributed by atoms with Crippen LogP contribution in [-0.4, -0.2) is 44.3 Å². The number of esters is 1. The fourth-order valence-corrected chi connectivity index (χ4v) is 4.36. The number of hydrogen-bond acceptors (Lipinski definition) is 5. The molecule has 174 valence electrons. The Morgan fingerprint density at radius 1 is 1.06 bits per heavy atom. The third kappa shape index (κ3) is 6.07. The van der Waals surface area contributed by atoms with E-state index in [9.17, 15) is 31.2 Å². The minimum Gasteiger partial charge on any atom is -0.452 e. The maximum atomic E-state index is 12.8. The zero-order valence-corrected chi connectivity index (χ0v) is 18.5. The van der Waals surface area contributed by atoms with Crippen LogP contribution in [-0.2, 0) is 25.7 Å². The Labute approximate surface area is 184 Å². The Hall–Kier alpha value is -2.92. The third-order valence-corrected chi connectivity index (χ3v) is 6.63. The zero-order chi connectivity index (χ0) is 24.1. The van der Waals surface area contributed by atoms with Gasteiger partial charge in [0.1, 0.15) is 0 Å². The van der Waals surface area contributed by atoms with Crippen LogP contribution in [0, 0.1) is 6.92 Å². The smallest absolute Gasteiger partial charge is 0.416 e. The minimum atomic E-state index is -4.57. The lowest BCUT2D eigenvalue weighted by Crippen LogP contribution is -2.30. The monoisotopic (exact) mass is 472 g/mol. The van der Waals surface area contributed by atoms with Crippen LogP contribution >= 0.6 is 0 Å². The Balaban J connectivity index is 2.11. The van der Waals surface area contributed by atoms with Gasteiger partial charge in [0.25, 0.3) is 5.91 Å². The molecule has 0 radical (unpaired) electrons. The van der Waals surface area contributed by atoms with Crippen molar-refractivity contribution in [3.05, 3.63) is 59.2 Å². The molecule has 0 unspecified atom stereocenters. The van der Waals surface area contributed by atoms with Crippen LogP contribution in [0.4, 0.5) is 18.9 Å². The van der Waals surface area contributed by atoms with E-state index in [-0.39, 0.29) is 29.2 Å². The lowest BCUT2D eigenvalue weighted by atomic mass is 10.1. The second-order valence-electron chi connectivity index (χ2n) is 6.77. The predicted molar refractivity (Wildman–Crippen MR) is 112 cm³/mol. The van der Waals surface area contributed by atoms with Gasteiger partial charge in [-0.05, 0) is 42.8 Å². The summed E-state index contributed by atoms with van der Waals surface area (Å²) in [7, 11) is -3.81. The van der Waals surface area contributed by atoms with Crippen LogP contribution in [0.5, 0.6) is 0 Å². The molecule has 0 aromatic heterocycles. The van der Waals surface area contributed by atoms with Crippen molar-refractivity contribution in [2.75, 3.05) is 25.0 Å². The van der Waals surface area contributed by atoms with Crippen LogP contribution < -0.4 is 5.32 Å². The minimum absolute atomic E-state index is 0.0369. The van der Waals surface area contributed by atoms with Gasteiger partial charge in [-0.3, -0.25) is 4.79 Å². The normalized spacial score (nSPS) is 12.0. The fraction of sp³-hybridized carbons (Fsp3) is 0.333. The molecule has 0 bridgehead atoms. The van der Waals surface area contributed by atoms with Crippen molar-refractivity contribution in [2.45, 2.75) is 31.8 Å². The number of rotatable bonds is 8. The first-order valence-corrected chi connectivity index (χ1v) is 11.1. The van der Waals surface area contributed by atoms with Gasteiger partial charge >= 0.3 is 12.1 Å². The molecule has 2 aromatic rings. The second kappa shape index (κ2) is 10.1. The van der Waals surface area contributed by atoms with Gasteiger partial charge < -0.3 is 10.1 Å². The number of halogens is 3. The number of carbonyl (C=O) groups excluding carboxylic acids is 2. The highest BCUT2D eigenvalue weighted by atomic mass is 32.2. The van der Waals surface area contributed by atoms with Gasteiger partial charge in [-0.15, -0.1) is 0 Å². The second-order valence-corrected chi connectivity index (χ2v) is 8.71. The van der Waals surface area contributed by atoms with Gasteiger partial charge in [-0.25, -0.2) is 13.2 Å². The van der Waals surface area contributed by atoms with Crippen molar-refractivity contribution >= 4 is 27.6 Å². The van der Waals surface area contributed by atoms with Crippen LogP contribution in [0.25, 0.3) is 0 Å². The molecule has 0 spiro atoms. The number of carbonyl (C=O) groups is 2. The van der Waals surface area contributed by atoms with E-state index in [4.69, 9.17) is 4.74 Å². The van der Waals surface area contributed by atoms with E-state index in [1.54, 1.807) is 20.8 Å². The highest BCUT2D eigenvalue weighted by Gasteiger charge is 2.30. The average molecular weight is 472 g/mol. The first-order chi connectivity index (χ1) is 14.9. The van der Waals surface area contributed by atoms with Gasteiger partial charge in [-0.1, -0.05) is 26.0 Å². The standard InChI is InChI=1S/C21H23F3N2O5S/c1-4-26(5-2)32(29,30)17-10-9-14(3)18(12-17)20(28)31-13-19(27)25-16-8-6-7-15(11-16)21(22,23)24/h6-12H,4-5,13H2,1-3H3,(H,25,27). The van der Waals surface area contributed by atoms with Crippen molar-refractivity contribution in [1.29, 1.82) is 0 Å². The summed E-state index contributed by atoms with van der Waals surface area (Å²) in [6, 6.07) is 8.02. The van der Waals surface area contributed by atoms with Crippen molar-refractivity contribution in [1.82, 2.24) is 4.31 Å². The lowest BCUT2D eigenvalue weighted by molar-refractivity contribution is -0.137.